The van der Waals surface area contributed by atoms with E-state index in [4.69, 9.17) is 14.3 Å². The smallest absolute Gasteiger partial charge is 0.441 e. The van der Waals surface area contributed by atoms with E-state index >= 15 is 0 Å². The molecule has 252 valence electrons. The molecular formula is C36H40N4O7S. The molecule has 1 fully saturated rings. The first kappa shape index (κ1) is 34.7. The fraction of sp³-hybridized carbons (Fsp3) is 0.333. The third kappa shape index (κ3) is 9.24. The molecule has 1 N–H and O–H groups in total. The molecule has 2 heterocycles. The van der Waals surface area contributed by atoms with Crippen LogP contribution in [0.5, 0.6) is 0 Å². The number of amides is 1. The number of nitrogens with one attached hydrogen (secondary N) is 1. The molecule has 2 aromatic carbocycles. The van der Waals surface area contributed by atoms with Crippen molar-refractivity contribution in [3.8, 4) is 0 Å². The van der Waals surface area contributed by atoms with E-state index in [0.717, 1.165) is 30.9 Å². The van der Waals surface area contributed by atoms with Gasteiger partial charge in [0.1, 0.15) is 5.60 Å². The van der Waals surface area contributed by atoms with Gasteiger partial charge < -0.3 is 14.3 Å². The van der Waals surface area contributed by atoms with Crippen LogP contribution in [0.1, 0.15) is 69.0 Å². The van der Waals surface area contributed by atoms with Gasteiger partial charge in [0.15, 0.2) is 10.8 Å². The third-order valence-corrected chi connectivity index (χ3v) is 9.05. The fourth-order valence-electron chi connectivity index (χ4n) is 5.15. The molecule has 11 nitrogen and oxygen atoms in total. The Morgan fingerprint density at radius 3 is 2.25 bits per heavy atom. The van der Waals surface area contributed by atoms with Gasteiger partial charge in [0, 0.05) is 18.5 Å². The van der Waals surface area contributed by atoms with Gasteiger partial charge in [-0.05, 0) is 81.0 Å². The van der Waals surface area contributed by atoms with Crippen LogP contribution in [0.2, 0.25) is 0 Å². The maximum atomic E-state index is 13.5. The number of benzene rings is 2. The minimum atomic E-state index is -4.08. The molecule has 5 rings (SSSR count). The highest BCUT2D eigenvalue weighted by Gasteiger charge is 2.44. The molecule has 0 radical (unpaired) electrons. The number of carbonyl (C=O) groups excluding carboxylic acids is 2. The zero-order chi connectivity index (χ0) is 34.4. The Kier molecular flexibility index (Phi) is 10.6. The summed E-state index contributed by atoms with van der Waals surface area (Å²) in [5.74, 6) is -0.819. The summed E-state index contributed by atoms with van der Waals surface area (Å²) in [6.45, 7) is 7.34. The van der Waals surface area contributed by atoms with Gasteiger partial charge in [-0.2, -0.15) is 0 Å². The predicted octanol–water partition coefficient (Wildman–Crippen LogP) is 6.21. The number of hydroxylamine groups is 1. The van der Waals surface area contributed by atoms with Crippen molar-refractivity contribution in [1.82, 2.24) is 14.7 Å². The van der Waals surface area contributed by atoms with E-state index in [1.54, 1.807) is 45.0 Å². The molecule has 1 saturated carbocycles. The highest BCUT2D eigenvalue weighted by atomic mass is 32.2. The van der Waals surface area contributed by atoms with Gasteiger partial charge in [0.05, 0.1) is 24.9 Å². The van der Waals surface area contributed by atoms with Gasteiger partial charge in [0.2, 0.25) is 0 Å². The molecular weight excluding hydrogens is 632 g/mol. The monoisotopic (exact) mass is 672 g/mol. The summed E-state index contributed by atoms with van der Waals surface area (Å²) in [6, 6.07) is 26.6. The zero-order valence-electron chi connectivity index (χ0n) is 27.5. The molecule has 12 heteroatoms. The summed E-state index contributed by atoms with van der Waals surface area (Å²) in [4.78, 5) is 38.7. The van der Waals surface area contributed by atoms with E-state index in [1.807, 2.05) is 42.5 Å². The van der Waals surface area contributed by atoms with E-state index in [0.29, 0.717) is 18.3 Å². The summed E-state index contributed by atoms with van der Waals surface area (Å²) in [5.41, 5.74) is 2.51. The van der Waals surface area contributed by atoms with Crippen LogP contribution in [0.4, 0.5) is 10.6 Å². The maximum Gasteiger partial charge on any atom is 0.450 e. The molecule has 0 aliphatic heterocycles. The molecule has 1 amide bonds. The second-order valence-electron chi connectivity index (χ2n) is 12.8. The summed E-state index contributed by atoms with van der Waals surface area (Å²) < 4.78 is 41.2. The lowest BCUT2D eigenvalue weighted by atomic mass is 9.94. The van der Waals surface area contributed by atoms with E-state index in [-0.39, 0.29) is 28.4 Å². The second kappa shape index (κ2) is 14.6. The fourth-order valence-corrected chi connectivity index (χ4v) is 6.31. The lowest BCUT2D eigenvalue weighted by molar-refractivity contribution is -0.142. The number of hydrogen-bond donors (Lipinski definition) is 1. The Hall–Kier alpha value is -4.65. The number of sulfonamides is 1. The van der Waals surface area contributed by atoms with Crippen molar-refractivity contribution in [2.75, 3.05) is 11.7 Å². The minimum Gasteiger partial charge on any atom is -0.441 e. The molecule has 1 aliphatic rings. The zero-order valence-corrected chi connectivity index (χ0v) is 28.3. The van der Waals surface area contributed by atoms with Crippen LogP contribution in [0.15, 0.2) is 102 Å². The normalized spacial score (nSPS) is 14.5. The van der Waals surface area contributed by atoms with Crippen molar-refractivity contribution in [3.05, 3.63) is 120 Å². The third-order valence-electron chi connectivity index (χ3n) is 7.66. The van der Waals surface area contributed by atoms with Crippen LogP contribution < -0.4 is 9.79 Å². The molecule has 48 heavy (non-hydrogen) atoms. The first-order valence-corrected chi connectivity index (χ1v) is 17.1. The lowest BCUT2D eigenvalue weighted by Gasteiger charge is -2.26. The summed E-state index contributed by atoms with van der Waals surface area (Å²) in [7, 11) is -4.08. The number of anilines is 1. The second-order valence-corrected chi connectivity index (χ2v) is 14.4. The molecule has 0 bridgehead atoms. The van der Waals surface area contributed by atoms with Crippen LogP contribution in [-0.2, 0) is 47.6 Å². The van der Waals surface area contributed by atoms with E-state index in [1.165, 1.54) is 23.9 Å². The van der Waals surface area contributed by atoms with Crippen LogP contribution >= 0.6 is 0 Å². The Labute approximate surface area is 281 Å². The van der Waals surface area contributed by atoms with Crippen LogP contribution in [-0.4, -0.2) is 42.7 Å². The van der Waals surface area contributed by atoms with Gasteiger partial charge in [-0.1, -0.05) is 71.8 Å². The highest BCUT2D eigenvalue weighted by molar-refractivity contribution is 7.89. The van der Waals surface area contributed by atoms with Gasteiger partial charge in [-0.15, -0.1) is 0 Å². The van der Waals surface area contributed by atoms with Gasteiger partial charge in [-0.3, -0.25) is 0 Å². The molecule has 0 saturated heterocycles. The number of rotatable bonds is 12. The van der Waals surface area contributed by atoms with Crippen molar-refractivity contribution in [2.24, 2.45) is 0 Å². The lowest BCUT2D eigenvalue weighted by Crippen LogP contribution is -2.39. The first-order chi connectivity index (χ1) is 22.8. The van der Waals surface area contributed by atoms with Crippen molar-refractivity contribution in [1.29, 1.82) is 0 Å². The van der Waals surface area contributed by atoms with E-state index < -0.39 is 33.7 Å². The Balaban J connectivity index is 1.40. The maximum absolute atomic E-state index is 13.5. The summed E-state index contributed by atoms with van der Waals surface area (Å²) in [6.07, 6.45) is 2.73. The van der Waals surface area contributed by atoms with Crippen LogP contribution in [0, 0.1) is 0 Å². The molecule has 1 atom stereocenters. The van der Waals surface area contributed by atoms with E-state index in [2.05, 4.69) is 26.8 Å². The molecule has 1 aliphatic carbocycles. The predicted molar refractivity (Wildman–Crippen MR) is 179 cm³/mol. The number of pyridine rings is 2. The van der Waals surface area contributed by atoms with Crippen LogP contribution in [0.25, 0.3) is 0 Å². The van der Waals surface area contributed by atoms with Gasteiger partial charge in [0.25, 0.3) is 10.0 Å². The number of hydrogen-bond acceptors (Lipinski definition) is 9. The average Bonchev–Trinajstić information content (AvgIpc) is 3.84. The van der Waals surface area contributed by atoms with Gasteiger partial charge in [-0.25, -0.2) is 32.7 Å². The molecule has 4 aromatic rings. The Morgan fingerprint density at radius 1 is 0.917 bits per heavy atom. The molecule has 1 unspecified atom stereocenters. The van der Waals surface area contributed by atoms with E-state index in [9.17, 15) is 18.0 Å². The van der Waals surface area contributed by atoms with Gasteiger partial charge >= 0.3 is 12.1 Å². The summed E-state index contributed by atoms with van der Waals surface area (Å²) in [5, 5.41) is 0.508. The number of aromatic nitrogens is 2. The topological polar surface area (TPSA) is 137 Å². The van der Waals surface area contributed by atoms with Crippen molar-refractivity contribution >= 4 is 27.9 Å². The minimum absolute atomic E-state index is 0.0367. The van der Waals surface area contributed by atoms with Crippen LogP contribution in [0.3, 0.4) is 0 Å². The Bertz CT molecular complexity index is 1810. The highest BCUT2D eigenvalue weighted by Crippen LogP contribution is 2.48. The number of carbonyl (C=O) groups is 2. The number of ether oxygens (including phenoxy) is 2. The quantitative estimate of drug-likeness (QED) is 0.174. The molecule has 2 aromatic heterocycles. The van der Waals surface area contributed by atoms with Crippen molar-refractivity contribution in [2.45, 2.75) is 75.6 Å². The summed E-state index contributed by atoms with van der Waals surface area (Å²) >= 11 is 0. The largest absolute Gasteiger partial charge is 0.450 e. The number of nitrogens with zero attached hydrogens (tertiary/aromatic N) is 3. The Morgan fingerprint density at radius 2 is 1.62 bits per heavy atom. The SMILES string of the molecule is CC(=O)ON(C(=O)OC(C)(C)C)c1cccc(C(Cc2ccc(C3(COCc4ccccc4)CC3)cc2)NS(=O)(=O)c2ccccn2)n1. The first-order valence-electron chi connectivity index (χ1n) is 15.7. The van der Waals surface area contributed by atoms with Crippen molar-refractivity contribution in [3.63, 3.8) is 0 Å². The average molecular weight is 673 g/mol. The van der Waals surface area contributed by atoms with Crippen molar-refractivity contribution < 1.29 is 32.3 Å². The standard InChI is InChI=1S/C36H40N4O7S/c1-26(41)47-40(34(42)46-35(2,3)4)32-14-10-13-30(38-32)31(39-48(43,44)33-15-8-9-22-37-33)23-27-16-18-29(19-17-27)36(20-21-36)25-45-24-28-11-6-5-7-12-28/h5-19,22,31,39H,20-21,23-25H2,1-4H3. The molecule has 0 spiro atoms.